The number of esters is 1. The van der Waals surface area contributed by atoms with Crippen LogP contribution in [0.3, 0.4) is 0 Å². The van der Waals surface area contributed by atoms with Crippen LogP contribution in [0.4, 0.5) is 4.79 Å². The second-order valence-corrected chi connectivity index (χ2v) is 8.34. The average molecular weight is 400 g/mol. The van der Waals surface area contributed by atoms with Gasteiger partial charge in [-0.2, -0.15) is 0 Å². The first-order valence-corrected chi connectivity index (χ1v) is 10.6. The second-order valence-electron chi connectivity index (χ2n) is 8.34. The van der Waals surface area contributed by atoms with Crippen molar-refractivity contribution in [1.29, 1.82) is 0 Å². The number of benzene rings is 1. The molecule has 2 heterocycles. The van der Waals surface area contributed by atoms with Crippen LogP contribution in [0.25, 0.3) is 0 Å². The highest BCUT2D eigenvalue weighted by atomic mass is 16.5. The van der Waals surface area contributed by atoms with E-state index in [4.69, 9.17) is 4.74 Å². The van der Waals surface area contributed by atoms with Crippen LogP contribution in [0.1, 0.15) is 49.4 Å². The first-order valence-electron chi connectivity index (χ1n) is 10.6. The molecular weight excluding hydrogens is 366 g/mol. The molecule has 0 radical (unpaired) electrons. The zero-order valence-electron chi connectivity index (χ0n) is 18.2. The highest BCUT2D eigenvalue weighted by Crippen LogP contribution is 2.33. The number of nitrogens with zero attached hydrogens (tertiary/aromatic N) is 2. The molecule has 3 rings (SSSR count). The Morgan fingerprint density at radius 3 is 2.55 bits per heavy atom. The molecule has 0 aromatic heterocycles. The van der Waals surface area contributed by atoms with E-state index >= 15 is 0 Å². The quantitative estimate of drug-likeness (QED) is 0.769. The Balaban J connectivity index is 2.05. The van der Waals surface area contributed by atoms with Crippen LogP contribution in [0, 0.1) is 19.8 Å². The standard InChI is InChI=1S/C23H33N3O3/c1-6-29-22(27)20-19(14-26-11-9-15(2)10-12-26)25(5)23(28)24-21(20)18-8-7-16(3)13-17(18)4/h7-8,13,15,21H,6,9-12,14H2,1-5H3,(H,24,28)/t21-/m0/s1. The molecule has 0 aliphatic carbocycles. The van der Waals surface area contributed by atoms with Gasteiger partial charge in [0.2, 0.25) is 0 Å². The number of piperidine rings is 1. The number of likely N-dealkylation sites (tertiary alicyclic amines) is 1. The van der Waals surface area contributed by atoms with Crippen molar-refractivity contribution in [3.8, 4) is 0 Å². The fourth-order valence-corrected chi connectivity index (χ4v) is 4.21. The highest BCUT2D eigenvalue weighted by molar-refractivity contribution is 5.95. The summed E-state index contributed by atoms with van der Waals surface area (Å²) < 4.78 is 5.42. The molecule has 1 fully saturated rings. The van der Waals surface area contributed by atoms with Crippen molar-refractivity contribution in [3.63, 3.8) is 0 Å². The third-order valence-corrected chi connectivity index (χ3v) is 6.06. The molecule has 1 N–H and O–H groups in total. The number of aryl methyl sites for hydroxylation is 2. The van der Waals surface area contributed by atoms with Crippen molar-refractivity contribution in [2.45, 2.75) is 46.6 Å². The van der Waals surface area contributed by atoms with E-state index in [1.807, 2.05) is 26.0 Å². The third-order valence-electron chi connectivity index (χ3n) is 6.06. The number of hydrogen-bond acceptors (Lipinski definition) is 4. The molecule has 1 aromatic carbocycles. The van der Waals surface area contributed by atoms with Gasteiger partial charge >= 0.3 is 12.0 Å². The van der Waals surface area contributed by atoms with E-state index in [1.165, 1.54) is 0 Å². The molecule has 2 amide bonds. The van der Waals surface area contributed by atoms with Crippen molar-refractivity contribution in [1.82, 2.24) is 15.1 Å². The van der Waals surface area contributed by atoms with Crippen LogP contribution in [-0.4, -0.2) is 55.1 Å². The van der Waals surface area contributed by atoms with E-state index in [2.05, 4.69) is 23.2 Å². The minimum absolute atomic E-state index is 0.191. The van der Waals surface area contributed by atoms with E-state index in [-0.39, 0.29) is 12.0 Å². The summed E-state index contributed by atoms with van der Waals surface area (Å²) >= 11 is 0. The number of likely N-dealkylation sites (N-methyl/N-ethyl adjacent to an activating group) is 1. The van der Waals surface area contributed by atoms with Crippen molar-refractivity contribution in [2.24, 2.45) is 5.92 Å². The normalized spacial score (nSPS) is 21.3. The zero-order chi connectivity index (χ0) is 21.1. The maximum atomic E-state index is 13.0. The van der Waals surface area contributed by atoms with E-state index in [1.54, 1.807) is 18.9 Å². The van der Waals surface area contributed by atoms with Gasteiger partial charge in [0.1, 0.15) is 0 Å². The van der Waals surface area contributed by atoms with Crippen molar-refractivity contribution >= 4 is 12.0 Å². The number of carbonyl (C=O) groups is 2. The molecule has 0 bridgehead atoms. The SMILES string of the molecule is CCOC(=O)C1=C(CN2CCC(C)CC2)N(C)C(=O)N[C@H]1c1ccc(C)cc1C. The zero-order valence-corrected chi connectivity index (χ0v) is 18.2. The lowest BCUT2D eigenvalue weighted by atomic mass is 9.90. The minimum Gasteiger partial charge on any atom is -0.463 e. The van der Waals surface area contributed by atoms with E-state index < -0.39 is 6.04 Å². The Kier molecular flexibility index (Phi) is 6.63. The number of ether oxygens (including phenoxy) is 1. The first-order chi connectivity index (χ1) is 13.8. The lowest BCUT2D eigenvalue weighted by molar-refractivity contribution is -0.139. The van der Waals surface area contributed by atoms with Crippen LogP contribution in [-0.2, 0) is 9.53 Å². The Hall–Kier alpha value is -2.34. The molecule has 2 aliphatic heterocycles. The Morgan fingerprint density at radius 2 is 1.93 bits per heavy atom. The summed E-state index contributed by atoms with van der Waals surface area (Å²) in [7, 11) is 1.73. The predicted molar refractivity (Wildman–Crippen MR) is 113 cm³/mol. The summed E-state index contributed by atoms with van der Waals surface area (Å²) in [5, 5.41) is 3.02. The number of rotatable bonds is 5. The van der Waals surface area contributed by atoms with Crippen molar-refractivity contribution in [2.75, 3.05) is 33.3 Å². The van der Waals surface area contributed by atoms with Gasteiger partial charge in [0.05, 0.1) is 18.2 Å². The van der Waals surface area contributed by atoms with Gasteiger partial charge in [-0.15, -0.1) is 0 Å². The predicted octanol–water partition coefficient (Wildman–Crippen LogP) is 3.55. The van der Waals surface area contributed by atoms with E-state index in [0.717, 1.165) is 54.2 Å². The molecule has 1 saturated heterocycles. The van der Waals surface area contributed by atoms with Crippen LogP contribution >= 0.6 is 0 Å². The number of amides is 2. The molecule has 1 atom stereocenters. The monoisotopic (exact) mass is 399 g/mol. The van der Waals surface area contributed by atoms with Crippen LogP contribution in [0.5, 0.6) is 0 Å². The summed E-state index contributed by atoms with van der Waals surface area (Å²) in [6.45, 7) is 11.0. The van der Waals surface area contributed by atoms with Crippen molar-refractivity contribution in [3.05, 3.63) is 46.2 Å². The van der Waals surface area contributed by atoms with Gasteiger partial charge in [-0.25, -0.2) is 9.59 Å². The molecule has 0 unspecified atom stereocenters. The van der Waals surface area contributed by atoms with Gasteiger partial charge in [-0.1, -0.05) is 30.7 Å². The average Bonchev–Trinajstić information content (AvgIpc) is 2.67. The number of nitrogens with one attached hydrogen (secondary N) is 1. The number of carbonyl (C=O) groups excluding carboxylic acids is 2. The summed E-state index contributed by atoms with van der Waals surface area (Å²) in [5.41, 5.74) is 4.42. The van der Waals surface area contributed by atoms with Crippen molar-refractivity contribution < 1.29 is 14.3 Å². The molecule has 0 spiro atoms. The fourth-order valence-electron chi connectivity index (χ4n) is 4.21. The molecule has 29 heavy (non-hydrogen) atoms. The third kappa shape index (κ3) is 4.64. The molecule has 2 aliphatic rings. The number of hydrogen-bond donors (Lipinski definition) is 1. The van der Waals surface area contributed by atoms with Crippen LogP contribution < -0.4 is 5.32 Å². The van der Waals surface area contributed by atoms with Gasteiger partial charge in [0.15, 0.2) is 0 Å². The van der Waals surface area contributed by atoms with Gasteiger partial charge in [0, 0.05) is 19.3 Å². The minimum atomic E-state index is -0.503. The van der Waals surface area contributed by atoms with Crippen LogP contribution in [0.15, 0.2) is 29.5 Å². The molecule has 6 heteroatoms. The first kappa shape index (κ1) is 21.4. The molecular formula is C23H33N3O3. The molecule has 158 valence electrons. The second kappa shape index (κ2) is 8.99. The molecule has 1 aromatic rings. The topological polar surface area (TPSA) is 61.9 Å². The molecule has 0 saturated carbocycles. The summed E-state index contributed by atoms with van der Waals surface area (Å²) in [6, 6.07) is 5.40. The maximum Gasteiger partial charge on any atom is 0.338 e. The van der Waals surface area contributed by atoms with Gasteiger partial charge in [-0.05, 0) is 63.7 Å². The Bertz CT molecular complexity index is 810. The van der Waals surface area contributed by atoms with Gasteiger partial charge in [-0.3, -0.25) is 9.80 Å². The summed E-state index contributed by atoms with van der Waals surface area (Å²) in [4.78, 5) is 29.7. The number of urea groups is 1. The van der Waals surface area contributed by atoms with Gasteiger partial charge in [0.25, 0.3) is 0 Å². The van der Waals surface area contributed by atoms with E-state index in [9.17, 15) is 9.59 Å². The Labute approximate surface area is 173 Å². The van der Waals surface area contributed by atoms with Gasteiger partial charge < -0.3 is 10.1 Å². The molecule has 6 nitrogen and oxygen atoms in total. The van der Waals surface area contributed by atoms with Crippen LogP contribution in [0.2, 0.25) is 0 Å². The highest BCUT2D eigenvalue weighted by Gasteiger charge is 2.38. The lowest BCUT2D eigenvalue weighted by Crippen LogP contribution is -2.50. The smallest absolute Gasteiger partial charge is 0.338 e. The van der Waals surface area contributed by atoms with E-state index in [0.29, 0.717) is 18.7 Å². The fraction of sp³-hybridized carbons (Fsp3) is 0.565. The maximum absolute atomic E-state index is 13.0. The summed E-state index contributed by atoms with van der Waals surface area (Å²) in [5.74, 6) is 0.366. The lowest BCUT2D eigenvalue weighted by Gasteiger charge is -2.38. The summed E-state index contributed by atoms with van der Waals surface area (Å²) in [6.07, 6.45) is 2.27. The Morgan fingerprint density at radius 1 is 1.24 bits per heavy atom. The largest absolute Gasteiger partial charge is 0.463 e.